The van der Waals surface area contributed by atoms with Crippen molar-refractivity contribution in [3.63, 3.8) is 0 Å². The van der Waals surface area contributed by atoms with E-state index in [1.165, 1.54) is 23.4 Å². The number of anilines is 2. The fraction of sp³-hybridized carbons (Fsp3) is 0.458. The fourth-order valence-electron chi connectivity index (χ4n) is 4.05. The number of benzene rings is 2. The van der Waals surface area contributed by atoms with Crippen LogP contribution in [-0.4, -0.2) is 69.9 Å². The number of rotatable bonds is 5. The Hall–Kier alpha value is -2.07. The van der Waals surface area contributed by atoms with Crippen molar-refractivity contribution < 1.29 is 9.13 Å². The van der Waals surface area contributed by atoms with Crippen LogP contribution in [0.1, 0.15) is 12.5 Å². The first-order valence-electron chi connectivity index (χ1n) is 11.2. The number of aliphatic imine (C=N–C) groups is 1. The molecule has 0 atom stereocenters. The minimum Gasteiger partial charge on any atom is -0.378 e. The Morgan fingerprint density at radius 1 is 0.875 bits per heavy atom. The Balaban J connectivity index is 0.00000289. The Kier molecular flexibility index (Phi) is 9.40. The topological polar surface area (TPSA) is 43.3 Å². The molecule has 0 radical (unpaired) electrons. The maximum atomic E-state index is 13.2. The molecule has 2 saturated heterocycles. The molecule has 32 heavy (non-hydrogen) atoms. The first-order valence-corrected chi connectivity index (χ1v) is 11.2. The second kappa shape index (κ2) is 12.2. The van der Waals surface area contributed by atoms with Crippen LogP contribution in [0.3, 0.4) is 0 Å². The minimum absolute atomic E-state index is 0. The van der Waals surface area contributed by atoms with Crippen molar-refractivity contribution in [3.8, 4) is 0 Å². The van der Waals surface area contributed by atoms with Gasteiger partial charge in [0, 0.05) is 57.2 Å². The lowest BCUT2D eigenvalue weighted by Crippen LogP contribution is -2.52. The third kappa shape index (κ3) is 6.48. The van der Waals surface area contributed by atoms with Gasteiger partial charge in [0.2, 0.25) is 0 Å². The van der Waals surface area contributed by atoms with Gasteiger partial charge in [0.25, 0.3) is 0 Å². The van der Waals surface area contributed by atoms with Gasteiger partial charge in [0.15, 0.2) is 5.96 Å². The van der Waals surface area contributed by atoms with Crippen molar-refractivity contribution in [1.82, 2.24) is 10.2 Å². The summed E-state index contributed by atoms with van der Waals surface area (Å²) in [6.45, 7) is 10.7. The standard InChI is InChI=1S/C24H32FN5O.HI/c1-2-26-24(30-13-11-28(12-14-30)23-9-5-21(25)6-10-23)27-19-20-3-7-22(8-4-20)29-15-17-31-18-16-29;/h3-10H,2,11-19H2,1H3,(H,26,27);1H. The Morgan fingerprint density at radius 3 is 2.03 bits per heavy atom. The second-order valence-electron chi connectivity index (χ2n) is 7.89. The lowest BCUT2D eigenvalue weighted by molar-refractivity contribution is 0.122. The number of morpholine rings is 1. The number of nitrogens with one attached hydrogen (secondary N) is 1. The lowest BCUT2D eigenvalue weighted by atomic mass is 10.2. The summed E-state index contributed by atoms with van der Waals surface area (Å²) in [4.78, 5) is 11.9. The summed E-state index contributed by atoms with van der Waals surface area (Å²) >= 11 is 0. The van der Waals surface area contributed by atoms with E-state index in [1.807, 2.05) is 12.1 Å². The average molecular weight is 553 g/mol. The van der Waals surface area contributed by atoms with Gasteiger partial charge in [0.05, 0.1) is 19.8 Å². The van der Waals surface area contributed by atoms with Crippen LogP contribution < -0.4 is 15.1 Å². The van der Waals surface area contributed by atoms with E-state index in [0.717, 1.165) is 70.7 Å². The Morgan fingerprint density at radius 2 is 1.44 bits per heavy atom. The van der Waals surface area contributed by atoms with Crippen LogP contribution >= 0.6 is 24.0 Å². The third-order valence-corrected chi connectivity index (χ3v) is 5.83. The Labute approximate surface area is 207 Å². The average Bonchev–Trinajstić information content (AvgIpc) is 2.83. The summed E-state index contributed by atoms with van der Waals surface area (Å²) in [5.74, 6) is 0.764. The molecule has 2 heterocycles. The minimum atomic E-state index is -0.193. The van der Waals surface area contributed by atoms with E-state index < -0.39 is 0 Å². The lowest BCUT2D eigenvalue weighted by Gasteiger charge is -2.37. The van der Waals surface area contributed by atoms with Crippen molar-refractivity contribution in [2.45, 2.75) is 13.5 Å². The van der Waals surface area contributed by atoms with Crippen LogP contribution in [-0.2, 0) is 11.3 Å². The van der Waals surface area contributed by atoms with E-state index in [2.05, 4.69) is 51.2 Å². The summed E-state index contributed by atoms with van der Waals surface area (Å²) in [5, 5.41) is 3.43. The summed E-state index contributed by atoms with van der Waals surface area (Å²) < 4.78 is 18.6. The first-order chi connectivity index (χ1) is 15.2. The van der Waals surface area contributed by atoms with Gasteiger partial charge in [-0.05, 0) is 48.9 Å². The number of nitrogens with zero attached hydrogens (tertiary/aromatic N) is 4. The van der Waals surface area contributed by atoms with Crippen molar-refractivity contribution >= 4 is 41.3 Å². The molecule has 0 bridgehead atoms. The molecule has 2 aliphatic rings. The molecule has 0 amide bonds. The van der Waals surface area contributed by atoms with Crippen LogP contribution in [0.25, 0.3) is 0 Å². The number of hydrogen-bond acceptors (Lipinski definition) is 4. The maximum absolute atomic E-state index is 13.2. The van der Waals surface area contributed by atoms with Crippen molar-refractivity contribution in [2.75, 3.05) is 68.8 Å². The molecule has 0 unspecified atom stereocenters. The zero-order valence-corrected chi connectivity index (χ0v) is 21.0. The SMILES string of the molecule is CCNC(=NCc1ccc(N2CCOCC2)cc1)N1CCN(c2ccc(F)cc2)CC1.I. The predicted molar refractivity (Wildman–Crippen MR) is 140 cm³/mol. The van der Waals surface area contributed by atoms with E-state index in [1.54, 1.807) is 0 Å². The van der Waals surface area contributed by atoms with Crippen molar-refractivity contribution in [2.24, 2.45) is 4.99 Å². The number of halogens is 2. The van der Waals surface area contributed by atoms with E-state index in [0.29, 0.717) is 6.54 Å². The van der Waals surface area contributed by atoms with Crippen molar-refractivity contribution in [3.05, 3.63) is 59.9 Å². The fourth-order valence-corrected chi connectivity index (χ4v) is 4.05. The van der Waals surface area contributed by atoms with Crippen LogP contribution in [0.15, 0.2) is 53.5 Å². The molecule has 0 spiro atoms. The first kappa shape index (κ1) is 24.6. The zero-order chi connectivity index (χ0) is 21.5. The van der Waals surface area contributed by atoms with E-state index >= 15 is 0 Å². The number of hydrogen-bond donors (Lipinski definition) is 1. The molecular formula is C24H33FIN5O. The van der Waals surface area contributed by atoms with Gasteiger partial charge >= 0.3 is 0 Å². The highest BCUT2D eigenvalue weighted by Crippen LogP contribution is 2.18. The number of piperazine rings is 1. The van der Waals surface area contributed by atoms with E-state index in [4.69, 9.17) is 9.73 Å². The molecule has 2 aliphatic heterocycles. The smallest absolute Gasteiger partial charge is 0.194 e. The summed E-state index contributed by atoms with van der Waals surface area (Å²) in [7, 11) is 0. The third-order valence-electron chi connectivity index (χ3n) is 5.83. The van der Waals surface area contributed by atoms with Crippen LogP contribution in [0.2, 0.25) is 0 Å². The normalized spacial score (nSPS) is 17.2. The Bertz CT molecular complexity index is 848. The molecule has 6 nitrogen and oxygen atoms in total. The molecule has 1 N–H and O–H groups in total. The molecule has 8 heteroatoms. The summed E-state index contributed by atoms with van der Waals surface area (Å²) in [6.07, 6.45) is 0. The molecule has 0 saturated carbocycles. The van der Waals surface area contributed by atoms with Crippen LogP contribution in [0.4, 0.5) is 15.8 Å². The summed E-state index contributed by atoms with van der Waals surface area (Å²) in [5.41, 5.74) is 3.53. The number of ether oxygens (including phenoxy) is 1. The highest BCUT2D eigenvalue weighted by molar-refractivity contribution is 14.0. The second-order valence-corrected chi connectivity index (χ2v) is 7.89. The van der Waals surface area contributed by atoms with Gasteiger partial charge in [-0.25, -0.2) is 9.38 Å². The van der Waals surface area contributed by atoms with Crippen molar-refractivity contribution in [1.29, 1.82) is 0 Å². The van der Waals surface area contributed by atoms with Gasteiger partial charge < -0.3 is 24.8 Å². The molecule has 4 rings (SSSR count). The van der Waals surface area contributed by atoms with Crippen LogP contribution in [0, 0.1) is 5.82 Å². The monoisotopic (exact) mass is 553 g/mol. The maximum Gasteiger partial charge on any atom is 0.194 e. The van der Waals surface area contributed by atoms with Gasteiger partial charge in [0.1, 0.15) is 5.82 Å². The highest BCUT2D eigenvalue weighted by atomic mass is 127. The largest absolute Gasteiger partial charge is 0.378 e. The molecule has 0 aliphatic carbocycles. The molecule has 2 aromatic rings. The van der Waals surface area contributed by atoms with E-state index in [-0.39, 0.29) is 29.8 Å². The van der Waals surface area contributed by atoms with E-state index in [9.17, 15) is 4.39 Å². The highest BCUT2D eigenvalue weighted by Gasteiger charge is 2.20. The molecule has 174 valence electrons. The molecular weight excluding hydrogens is 520 g/mol. The van der Waals surface area contributed by atoms with Gasteiger partial charge in [-0.15, -0.1) is 24.0 Å². The van der Waals surface area contributed by atoms with Crippen LogP contribution in [0.5, 0.6) is 0 Å². The summed E-state index contributed by atoms with van der Waals surface area (Å²) in [6, 6.07) is 15.5. The van der Waals surface area contributed by atoms with Gasteiger partial charge in [-0.2, -0.15) is 0 Å². The molecule has 0 aromatic heterocycles. The predicted octanol–water partition coefficient (Wildman–Crippen LogP) is 3.57. The molecule has 2 aromatic carbocycles. The quantitative estimate of drug-likeness (QED) is 0.349. The molecule has 2 fully saturated rings. The van der Waals surface area contributed by atoms with Gasteiger partial charge in [-0.1, -0.05) is 12.1 Å². The zero-order valence-electron chi connectivity index (χ0n) is 18.7. The van der Waals surface area contributed by atoms with Gasteiger partial charge in [-0.3, -0.25) is 0 Å². The number of guanidine groups is 1.